The summed E-state index contributed by atoms with van der Waals surface area (Å²) in [5.74, 6) is 0. The van der Waals surface area contributed by atoms with Gasteiger partial charge < -0.3 is 10.5 Å². The summed E-state index contributed by atoms with van der Waals surface area (Å²) in [5.41, 5.74) is 4.54. The minimum atomic E-state index is -4.55. The fourth-order valence-electron chi connectivity index (χ4n) is 1.63. The van der Waals surface area contributed by atoms with E-state index in [2.05, 4.69) is 4.74 Å². The third kappa shape index (κ3) is 5.38. The molecule has 0 aromatic heterocycles. The van der Waals surface area contributed by atoms with Crippen molar-refractivity contribution in [3.8, 4) is 0 Å². The number of benzene rings is 1. The molecule has 0 aliphatic rings. The van der Waals surface area contributed by atoms with Crippen LogP contribution in [0.3, 0.4) is 0 Å². The summed E-state index contributed by atoms with van der Waals surface area (Å²) >= 11 is 0. The highest BCUT2D eigenvalue weighted by molar-refractivity contribution is 5.32. The fraction of sp³-hybridized carbons (Fsp3) is 0.500. The standard InChI is InChI=1S/C12H13F6NO/c13-11(14,15)7-20-6-5-10(19)8-3-1-2-4-9(8)12(16,17)18/h1-4,10H,5-7,19H2. The number of hydrogen-bond donors (Lipinski definition) is 1. The van der Waals surface area contributed by atoms with Gasteiger partial charge in [0.25, 0.3) is 0 Å². The SMILES string of the molecule is NC(CCOCC(F)(F)F)c1ccccc1C(F)(F)F. The normalized spacial score (nSPS) is 14.3. The Hall–Kier alpha value is -1.28. The number of hydrogen-bond acceptors (Lipinski definition) is 2. The molecule has 0 bridgehead atoms. The number of rotatable bonds is 5. The van der Waals surface area contributed by atoms with Crippen LogP contribution in [0.4, 0.5) is 26.3 Å². The first kappa shape index (κ1) is 16.8. The summed E-state index contributed by atoms with van der Waals surface area (Å²) in [7, 11) is 0. The van der Waals surface area contributed by atoms with Crippen LogP contribution in [0.5, 0.6) is 0 Å². The van der Waals surface area contributed by atoms with Gasteiger partial charge in [-0.25, -0.2) is 0 Å². The van der Waals surface area contributed by atoms with Crippen LogP contribution in [0.25, 0.3) is 0 Å². The maximum atomic E-state index is 12.7. The lowest BCUT2D eigenvalue weighted by molar-refractivity contribution is -0.174. The Morgan fingerprint density at radius 2 is 1.65 bits per heavy atom. The van der Waals surface area contributed by atoms with E-state index in [9.17, 15) is 26.3 Å². The van der Waals surface area contributed by atoms with Crippen molar-refractivity contribution in [2.45, 2.75) is 24.8 Å². The van der Waals surface area contributed by atoms with Gasteiger partial charge in [-0.15, -0.1) is 0 Å². The molecule has 1 aromatic rings. The van der Waals surface area contributed by atoms with Gasteiger partial charge >= 0.3 is 12.4 Å². The van der Waals surface area contributed by atoms with Crippen molar-refractivity contribution in [1.82, 2.24) is 0 Å². The Morgan fingerprint density at radius 3 is 2.20 bits per heavy atom. The third-order valence-electron chi connectivity index (χ3n) is 2.50. The van der Waals surface area contributed by atoms with Gasteiger partial charge in [0.2, 0.25) is 0 Å². The minimum Gasteiger partial charge on any atom is -0.372 e. The van der Waals surface area contributed by atoms with Gasteiger partial charge in [-0.2, -0.15) is 26.3 Å². The average Bonchev–Trinajstić information content (AvgIpc) is 2.32. The Kier molecular flexibility index (Phi) is 5.41. The molecular weight excluding hydrogens is 288 g/mol. The molecule has 1 aromatic carbocycles. The quantitative estimate of drug-likeness (QED) is 0.665. The summed E-state index contributed by atoms with van der Waals surface area (Å²) in [6, 6.07) is 3.66. The molecule has 2 N–H and O–H groups in total. The Bertz CT molecular complexity index is 429. The van der Waals surface area contributed by atoms with E-state index in [0.717, 1.165) is 6.07 Å². The molecule has 0 heterocycles. The van der Waals surface area contributed by atoms with Gasteiger partial charge in [0.05, 0.1) is 5.56 Å². The van der Waals surface area contributed by atoms with Gasteiger partial charge in [0.15, 0.2) is 0 Å². The Morgan fingerprint density at radius 1 is 1.05 bits per heavy atom. The number of ether oxygens (including phenoxy) is 1. The van der Waals surface area contributed by atoms with Gasteiger partial charge in [-0.1, -0.05) is 18.2 Å². The average molecular weight is 301 g/mol. The lowest BCUT2D eigenvalue weighted by Crippen LogP contribution is -2.21. The van der Waals surface area contributed by atoms with Crippen LogP contribution in [0.1, 0.15) is 23.6 Å². The highest BCUT2D eigenvalue weighted by atomic mass is 19.4. The van der Waals surface area contributed by atoms with Crippen LogP contribution in [0.15, 0.2) is 24.3 Å². The lowest BCUT2D eigenvalue weighted by Gasteiger charge is -2.18. The first-order valence-corrected chi connectivity index (χ1v) is 5.67. The van der Waals surface area contributed by atoms with E-state index in [1.807, 2.05) is 0 Å². The monoisotopic (exact) mass is 301 g/mol. The molecule has 1 unspecified atom stereocenters. The van der Waals surface area contributed by atoms with Crippen LogP contribution in [-0.2, 0) is 10.9 Å². The van der Waals surface area contributed by atoms with Crippen LogP contribution >= 0.6 is 0 Å². The second-order valence-corrected chi connectivity index (χ2v) is 4.15. The summed E-state index contributed by atoms with van der Waals surface area (Å²) in [6.45, 7) is -1.81. The van der Waals surface area contributed by atoms with Crippen molar-refractivity contribution in [1.29, 1.82) is 0 Å². The molecule has 0 amide bonds. The molecular formula is C12H13F6NO. The lowest BCUT2D eigenvalue weighted by atomic mass is 9.98. The van der Waals surface area contributed by atoms with Crippen molar-refractivity contribution in [2.75, 3.05) is 13.2 Å². The summed E-state index contributed by atoms with van der Waals surface area (Å²) in [4.78, 5) is 0. The van der Waals surface area contributed by atoms with Crippen molar-refractivity contribution in [3.05, 3.63) is 35.4 Å². The maximum Gasteiger partial charge on any atom is 0.416 e. The molecule has 0 fully saturated rings. The van der Waals surface area contributed by atoms with E-state index in [4.69, 9.17) is 5.73 Å². The van der Waals surface area contributed by atoms with Gasteiger partial charge in [0.1, 0.15) is 6.61 Å². The largest absolute Gasteiger partial charge is 0.416 e. The van der Waals surface area contributed by atoms with E-state index in [1.165, 1.54) is 18.2 Å². The predicted molar refractivity (Wildman–Crippen MR) is 59.9 cm³/mol. The zero-order valence-electron chi connectivity index (χ0n) is 10.3. The second-order valence-electron chi connectivity index (χ2n) is 4.15. The van der Waals surface area contributed by atoms with Crippen molar-refractivity contribution in [2.24, 2.45) is 5.73 Å². The smallest absolute Gasteiger partial charge is 0.372 e. The van der Waals surface area contributed by atoms with E-state index >= 15 is 0 Å². The molecule has 8 heteroatoms. The van der Waals surface area contributed by atoms with Crippen LogP contribution in [0.2, 0.25) is 0 Å². The molecule has 0 aliphatic carbocycles. The van der Waals surface area contributed by atoms with E-state index in [-0.39, 0.29) is 18.6 Å². The first-order valence-electron chi connectivity index (χ1n) is 5.67. The minimum absolute atomic E-state index is 0.136. The summed E-state index contributed by atoms with van der Waals surface area (Å²) < 4.78 is 77.9. The van der Waals surface area contributed by atoms with Gasteiger partial charge in [0, 0.05) is 12.6 Å². The summed E-state index contributed by atoms with van der Waals surface area (Å²) in [5, 5.41) is 0. The summed E-state index contributed by atoms with van der Waals surface area (Å²) in [6.07, 6.45) is -9.15. The highest BCUT2D eigenvalue weighted by Gasteiger charge is 2.34. The molecule has 0 radical (unpaired) electrons. The predicted octanol–water partition coefficient (Wildman–Crippen LogP) is 3.67. The zero-order valence-corrected chi connectivity index (χ0v) is 10.3. The zero-order chi connectivity index (χ0) is 15.4. The van der Waals surface area contributed by atoms with E-state index in [1.54, 1.807) is 0 Å². The second kappa shape index (κ2) is 6.45. The third-order valence-corrected chi connectivity index (χ3v) is 2.50. The number of nitrogens with two attached hydrogens (primary N) is 1. The highest BCUT2D eigenvalue weighted by Crippen LogP contribution is 2.34. The topological polar surface area (TPSA) is 35.2 Å². The molecule has 0 saturated heterocycles. The molecule has 2 nitrogen and oxygen atoms in total. The van der Waals surface area contributed by atoms with E-state index in [0.29, 0.717) is 0 Å². The van der Waals surface area contributed by atoms with Gasteiger partial charge in [-0.3, -0.25) is 0 Å². The molecule has 0 aliphatic heterocycles. The first-order chi connectivity index (χ1) is 9.11. The fourth-order valence-corrected chi connectivity index (χ4v) is 1.63. The van der Waals surface area contributed by atoms with Crippen molar-refractivity contribution >= 4 is 0 Å². The van der Waals surface area contributed by atoms with Crippen LogP contribution in [0, 0.1) is 0 Å². The van der Waals surface area contributed by atoms with Crippen molar-refractivity contribution in [3.63, 3.8) is 0 Å². The molecule has 1 rings (SSSR count). The molecule has 0 spiro atoms. The molecule has 0 saturated carbocycles. The molecule has 114 valence electrons. The van der Waals surface area contributed by atoms with Crippen molar-refractivity contribution < 1.29 is 31.1 Å². The Balaban J connectivity index is 2.62. The molecule has 20 heavy (non-hydrogen) atoms. The Labute approximate surface area is 111 Å². The van der Waals surface area contributed by atoms with Crippen LogP contribution < -0.4 is 5.73 Å². The maximum absolute atomic E-state index is 12.7. The van der Waals surface area contributed by atoms with E-state index < -0.39 is 30.6 Å². The van der Waals surface area contributed by atoms with Crippen LogP contribution in [-0.4, -0.2) is 19.4 Å². The number of halogens is 6. The van der Waals surface area contributed by atoms with Gasteiger partial charge in [-0.05, 0) is 18.1 Å². The molecule has 1 atom stereocenters. The number of alkyl halides is 6.